The smallest absolute Gasteiger partial charge is 0.316 e. The topological polar surface area (TPSA) is 99.6 Å². The predicted octanol–water partition coefficient (Wildman–Crippen LogP) is 2.82. The average molecular weight is 428 g/mol. The number of hydrogen-bond acceptors (Lipinski definition) is 7. The molecule has 28 heavy (non-hydrogen) atoms. The van der Waals surface area contributed by atoms with Gasteiger partial charge in [-0.15, -0.1) is 0 Å². The SMILES string of the molecule is COc1ccc(S(=O)(=O)NC2CCC(Oc3ncc(Cl)cn3)CC2)c(OC)c1. The Morgan fingerprint density at radius 3 is 2.36 bits per heavy atom. The maximum Gasteiger partial charge on any atom is 0.316 e. The lowest BCUT2D eigenvalue weighted by Crippen LogP contribution is -2.39. The fraction of sp³-hybridized carbons (Fsp3) is 0.444. The molecule has 1 aromatic heterocycles. The molecule has 1 saturated carbocycles. The number of methoxy groups -OCH3 is 2. The van der Waals surface area contributed by atoms with Crippen LogP contribution in [0.4, 0.5) is 0 Å². The molecule has 0 radical (unpaired) electrons. The maximum atomic E-state index is 12.8. The lowest BCUT2D eigenvalue weighted by Gasteiger charge is -2.28. The summed E-state index contributed by atoms with van der Waals surface area (Å²) in [5, 5.41) is 0.444. The van der Waals surface area contributed by atoms with Gasteiger partial charge in [0.05, 0.1) is 31.6 Å². The number of nitrogens with one attached hydrogen (secondary N) is 1. The summed E-state index contributed by atoms with van der Waals surface area (Å²) in [6, 6.07) is 4.71. The molecule has 1 aromatic carbocycles. The molecule has 0 spiro atoms. The van der Waals surface area contributed by atoms with Crippen LogP contribution in [0, 0.1) is 0 Å². The van der Waals surface area contributed by atoms with Crippen LogP contribution >= 0.6 is 11.6 Å². The molecule has 0 amide bonds. The van der Waals surface area contributed by atoms with E-state index in [0.717, 1.165) is 0 Å². The Morgan fingerprint density at radius 2 is 1.75 bits per heavy atom. The van der Waals surface area contributed by atoms with E-state index in [-0.39, 0.29) is 28.8 Å². The number of halogens is 1. The number of nitrogens with zero attached hydrogens (tertiary/aromatic N) is 2. The zero-order valence-corrected chi connectivity index (χ0v) is 17.2. The number of aromatic nitrogens is 2. The maximum absolute atomic E-state index is 12.8. The molecule has 3 rings (SSSR count). The molecule has 10 heteroatoms. The van der Waals surface area contributed by atoms with Gasteiger partial charge in [-0.25, -0.2) is 23.1 Å². The summed E-state index contributed by atoms with van der Waals surface area (Å²) in [7, 11) is -0.783. The van der Waals surface area contributed by atoms with Gasteiger partial charge in [0.25, 0.3) is 0 Å². The van der Waals surface area contributed by atoms with Crippen molar-refractivity contribution in [3.8, 4) is 17.5 Å². The van der Waals surface area contributed by atoms with Crippen LogP contribution in [0.25, 0.3) is 0 Å². The summed E-state index contributed by atoms with van der Waals surface area (Å²) in [6.07, 6.45) is 5.58. The van der Waals surface area contributed by atoms with Crippen molar-refractivity contribution in [2.24, 2.45) is 0 Å². The first-order chi connectivity index (χ1) is 13.4. The van der Waals surface area contributed by atoms with Crippen molar-refractivity contribution < 1.29 is 22.6 Å². The summed E-state index contributed by atoms with van der Waals surface area (Å²) in [6.45, 7) is 0. The fourth-order valence-corrected chi connectivity index (χ4v) is 4.64. The quantitative estimate of drug-likeness (QED) is 0.725. The molecule has 1 aliphatic carbocycles. The molecular weight excluding hydrogens is 406 g/mol. The van der Waals surface area contributed by atoms with Gasteiger partial charge >= 0.3 is 6.01 Å². The van der Waals surface area contributed by atoms with Crippen LogP contribution in [0.15, 0.2) is 35.5 Å². The molecule has 1 fully saturated rings. The molecule has 1 N–H and O–H groups in total. The van der Waals surface area contributed by atoms with Crippen molar-refractivity contribution in [2.75, 3.05) is 14.2 Å². The minimum Gasteiger partial charge on any atom is -0.497 e. The Morgan fingerprint density at radius 1 is 1.07 bits per heavy atom. The van der Waals surface area contributed by atoms with E-state index < -0.39 is 10.0 Å². The Labute approximate surface area is 169 Å². The standard InChI is InChI=1S/C18H22ClN3O5S/c1-25-15-7-8-17(16(9-15)26-2)28(23,24)22-13-3-5-14(6-4-13)27-18-20-10-12(19)11-21-18/h7-11,13-14,22H,3-6H2,1-2H3. The molecule has 0 aliphatic heterocycles. The predicted molar refractivity (Wildman–Crippen MR) is 104 cm³/mol. The summed E-state index contributed by atoms with van der Waals surface area (Å²) < 4.78 is 44.4. The van der Waals surface area contributed by atoms with E-state index in [2.05, 4.69) is 14.7 Å². The van der Waals surface area contributed by atoms with E-state index in [9.17, 15) is 8.42 Å². The number of ether oxygens (including phenoxy) is 3. The van der Waals surface area contributed by atoms with E-state index in [4.69, 9.17) is 25.8 Å². The number of hydrogen-bond donors (Lipinski definition) is 1. The van der Waals surface area contributed by atoms with Crippen LogP contribution in [0.2, 0.25) is 5.02 Å². The van der Waals surface area contributed by atoms with Gasteiger partial charge in [0.15, 0.2) is 0 Å². The highest BCUT2D eigenvalue weighted by Gasteiger charge is 2.28. The van der Waals surface area contributed by atoms with Crippen molar-refractivity contribution in [3.63, 3.8) is 0 Å². The molecule has 152 valence electrons. The highest BCUT2D eigenvalue weighted by molar-refractivity contribution is 7.89. The van der Waals surface area contributed by atoms with Crippen molar-refractivity contribution >= 4 is 21.6 Å². The third-order valence-electron chi connectivity index (χ3n) is 4.53. The Bertz CT molecular complexity index is 900. The van der Waals surface area contributed by atoms with Gasteiger partial charge in [-0.1, -0.05) is 11.6 Å². The molecule has 0 saturated heterocycles. The van der Waals surface area contributed by atoms with Crippen LogP contribution in [-0.4, -0.2) is 44.8 Å². The molecule has 1 heterocycles. The summed E-state index contributed by atoms with van der Waals surface area (Å²) >= 11 is 5.76. The third-order valence-corrected chi connectivity index (χ3v) is 6.28. The first-order valence-corrected chi connectivity index (χ1v) is 10.7. The van der Waals surface area contributed by atoms with Gasteiger partial charge in [0, 0.05) is 12.1 Å². The molecule has 1 aliphatic rings. The fourth-order valence-electron chi connectivity index (χ4n) is 3.09. The highest BCUT2D eigenvalue weighted by atomic mass is 35.5. The van der Waals surface area contributed by atoms with Gasteiger partial charge in [0.2, 0.25) is 10.0 Å². The zero-order chi connectivity index (χ0) is 20.1. The summed E-state index contributed by atoms with van der Waals surface area (Å²) in [4.78, 5) is 8.13. The van der Waals surface area contributed by atoms with E-state index in [1.54, 1.807) is 12.1 Å². The monoisotopic (exact) mass is 427 g/mol. The van der Waals surface area contributed by atoms with Crippen LogP contribution in [0.1, 0.15) is 25.7 Å². The Kier molecular flexibility index (Phi) is 6.58. The summed E-state index contributed by atoms with van der Waals surface area (Å²) in [5.41, 5.74) is 0. The van der Waals surface area contributed by atoms with Gasteiger partial charge in [-0.2, -0.15) is 0 Å². The van der Waals surface area contributed by atoms with Crippen LogP contribution in [0.3, 0.4) is 0 Å². The van der Waals surface area contributed by atoms with E-state index in [1.165, 1.54) is 32.7 Å². The van der Waals surface area contributed by atoms with Crippen LogP contribution in [-0.2, 0) is 10.0 Å². The lowest BCUT2D eigenvalue weighted by atomic mass is 9.94. The van der Waals surface area contributed by atoms with E-state index >= 15 is 0 Å². The molecule has 0 unspecified atom stereocenters. The zero-order valence-electron chi connectivity index (χ0n) is 15.6. The molecule has 8 nitrogen and oxygen atoms in total. The van der Waals surface area contributed by atoms with Gasteiger partial charge in [-0.05, 0) is 37.8 Å². The van der Waals surface area contributed by atoms with Crippen molar-refractivity contribution in [1.82, 2.24) is 14.7 Å². The first-order valence-electron chi connectivity index (χ1n) is 8.80. The lowest BCUT2D eigenvalue weighted by molar-refractivity contribution is 0.132. The summed E-state index contributed by atoms with van der Waals surface area (Å²) in [5.74, 6) is 0.765. The van der Waals surface area contributed by atoms with Crippen molar-refractivity contribution in [3.05, 3.63) is 35.6 Å². The second kappa shape index (κ2) is 8.93. The van der Waals surface area contributed by atoms with Crippen molar-refractivity contribution in [1.29, 1.82) is 0 Å². The number of benzene rings is 1. The van der Waals surface area contributed by atoms with Gasteiger partial charge in [-0.3, -0.25) is 0 Å². The largest absolute Gasteiger partial charge is 0.497 e. The normalized spacial score (nSPS) is 19.8. The van der Waals surface area contributed by atoms with E-state index in [1.807, 2.05) is 0 Å². The molecule has 2 aromatic rings. The average Bonchev–Trinajstić information content (AvgIpc) is 2.70. The van der Waals surface area contributed by atoms with Crippen LogP contribution < -0.4 is 18.9 Å². The van der Waals surface area contributed by atoms with Gasteiger partial charge < -0.3 is 14.2 Å². The molecule has 0 bridgehead atoms. The second-order valence-electron chi connectivity index (χ2n) is 6.41. The van der Waals surface area contributed by atoms with Gasteiger partial charge in [0.1, 0.15) is 22.5 Å². The Balaban J connectivity index is 1.60. The highest BCUT2D eigenvalue weighted by Crippen LogP contribution is 2.30. The second-order valence-corrected chi connectivity index (χ2v) is 8.53. The third kappa shape index (κ3) is 5.03. The Hall–Kier alpha value is -2.10. The minimum absolute atomic E-state index is 0.0579. The van der Waals surface area contributed by atoms with E-state index in [0.29, 0.717) is 36.5 Å². The molecular formula is C18H22ClN3O5S. The van der Waals surface area contributed by atoms with Crippen LogP contribution in [0.5, 0.6) is 17.5 Å². The number of rotatable bonds is 7. The van der Waals surface area contributed by atoms with Crippen molar-refractivity contribution in [2.45, 2.75) is 42.7 Å². The minimum atomic E-state index is -3.72. The molecule has 0 atom stereocenters. The first kappa shape index (κ1) is 20.6. The number of sulfonamides is 1.